The van der Waals surface area contributed by atoms with Crippen LogP contribution in [0.1, 0.15) is 44.2 Å². The standard InChI is InChI=1S/C25H29NO2/c1-18(2)21-12-10-20(11-13-21)7-6-16-26-25(27)19(3)28-24-15-14-22-8-4-5-9-23(22)17-24/h4-5,8-15,17-19H,6-7,16H2,1-3H3,(H,26,27). The molecular formula is C25H29NO2. The fourth-order valence-corrected chi connectivity index (χ4v) is 3.22. The molecule has 0 spiro atoms. The second-order valence-corrected chi connectivity index (χ2v) is 7.56. The van der Waals surface area contributed by atoms with E-state index in [1.165, 1.54) is 11.1 Å². The van der Waals surface area contributed by atoms with Crippen LogP contribution in [0, 0.1) is 0 Å². The molecular weight excluding hydrogens is 346 g/mol. The molecule has 0 saturated heterocycles. The van der Waals surface area contributed by atoms with Crippen LogP contribution in [0.25, 0.3) is 10.8 Å². The van der Waals surface area contributed by atoms with Gasteiger partial charge in [-0.2, -0.15) is 0 Å². The van der Waals surface area contributed by atoms with Crippen LogP contribution in [0.15, 0.2) is 66.7 Å². The number of aryl methyl sites for hydroxylation is 1. The number of hydrogen-bond donors (Lipinski definition) is 1. The molecule has 1 unspecified atom stereocenters. The summed E-state index contributed by atoms with van der Waals surface area (Å²) in [6.07, 6.45) is 1.35. The second kappa shape index (κ2) is 9.41. The number of amides is 1. The number of hydrogen-bond acceptors (Lipinski definition) is 2. The van der Waals surface area contributed by atoms with Crippen molar-refractivity contribution < 1.29 is 9.53 Å². The van der Waals surface area contributed by atoms with Gasteiger partial charge in [0.2, 0.25) is 0 Å². The molecule has 0 aliphatic carbocycles. The zero-order valence-electron chi connectivity index (χ0n) is 16.9. The minimum atomic E-state index is -0.522. The van der Waals surface area contributed by atoms with Crippen molar-refractivity contribution in [2.45, 2.75) is 45.6 Å². The molecule has 0 aliphatic heterocycles. The number of nitrogens with one attached hydrogen (secondary N) is 1. The first-order valence-corrected chi connectivity index (χ1v) is 10.0. The van der Waals surface area contributed by atoms with E-state index < -0.39 is 6.10 Å². The van der Waals surface area contributed by atoms with Gasteiger partial charge in [0.1, 0.15) is 5.75 Å². The van der Waals surface area contributed by atoms with Crippen molar-refractivity contribution in [1.82, 2.24) is 5.32 Å². The summed E-state index contributed by atoms with van der Waals surface area (Å²) in [7, 11) is 0. The highest BCUT2D eigenvalue weighted by Gasteiger charge is 2.14. The van der Waals surface area contributed by atoms with Crippen LogP contribution in [0.5, 0.6) is 5.75 Å². The molecule has 1 amide bonds. The van der Waals surface area contributed by atoms with Crippen LogP contribution in [0.3, 0.4) is 0 Å². The van der Waals surface area contributed by atoms with E-state index in [1.54, 1.807) is 6.92 Å². The van der Waals surface area contributed by atoms with E-state index in [-0.39, 0.29) is 5.91 Å². The van der Waals surface area contributed by atoms with Crippen LogP contribution in [0.4, 0.5) is 0 Å². The molecule has 0 aliphatic rings. The minimum absolute atomic E-state index is 0.0803. The normalized spacial score (nSPS) is 12.1. The zero-order valence-corrected chi connectivity index (χ0v) is 16.9. The van der Waals surface area contributed by atoms with E-state index in [0.717, 1.165) is 23.6 Å². The first-order chi connectivity index (χ1) is 13.5. The van der Waals surface area contributed by atoms with Crippen molar-refractivity contribution in [3.8, 4) is 5.75 Å². The number of rotatable bonds is 8. The monoisotopic (exact) mass is 375 g/mol. The van der Waals surface area contributed by atoms with Gasteiger partial charge in [-0.25, -0.2) is 0 Å². The predicted molar refractivity (Wildman–Crippen MR) is 116 cm³/mol. The molecule has 0 radical (unpaired) electrons. The molecule has 0 aromatic heterocycles. The molecule has 3 nitrogen and oxygen atoms in total. The summed E-state index contributed by atoms with van der Waals surface area (Å²) in [5.74, 6) is 1.19. The number of carbonyl (C=O) groups is 1. The SMILES string of the molecule is CC(Oc1ccc2ccccc2c1)C(=O)NCCCc1ccc(C(C)C)cc1. The van der Waals surface area contributed by atoms with Crippen molar-refractivity contribution in [3.63, 3.8) is 0 Å². The fraction of sp³-hybridized carbons (Fsp3) is 0.320. The Morgan fingerprint density at radius 2 is 1.64 bits per heavy atom. The number of benzene rings is 3. The maximum Gasteiger partial charge on any atom is 0.260 e. The maximum absolute atomic E-state index is 12.3. The quantitative estimate of drug-likeness (QED) is 0.530. The van der Waals surface area contributed by atoms with Crippen molar-refractivity contribution >= 4 is 16.7 Å². The fourth-order valence-electron chi connectivity index (χ4n) is 3.22. The number of carbonyl (C=O) groups excluding carboxylic acids is 1. The summed E-state index contributed by atoms with van der Waals surface area (Å²) in [6.45, 7) is 6.84. The highest BCUT2D eigenvalue weighted by atomic mass is 16.5. The van der Waals surface area contributed by atoms with Gasteiger partial charge in [-0.3, -0.25) is 4.79 Å². The minimum Gasteiger partial charge on any atom is -0.481 e. The van der Waals surface area contributed by atoms with Crippen LogP contribution < -0.4 is 10.1 Å². The third-order valence-electron chi connectivity index (χ3n) is 4.99. The van der Waals surface area contributed by atoms with Crippen molar-refractivity contribution in [2.24, 2.45) is 0 Å². The summed E-state index contributed by atoms with van der Waals surface area (Å²) in [4.78, 5) is 12.3. The average molecular weight is 376 g/mol. The summed E-state index contributed by atoms with van der Waals surface area (Å²) in [5, 5.41) is 5.24. The Kier molecular flexibility index (Phi) is 6.70. The van der Waals surface area contributed by atoms with Crippen LogP contribution >= 0.6 is 0 Å². The molecule has 0 heterocycles. The van der Waals surface area contributed by atoms with E-state index in [4.69, 9.17) is 4.74 Å². The zero-order chi connectivity index (χ0) is 19.9. The summed E-state index contributed by atoms with van der Waals surface area (Å²) in [5.41, 5.74) is 2.66. The van der Waals surface area contributed by atoms with Gasteiger partial charge in [-0.15, -0.1) is 0 Å². The van der Waals surface area contributed by atoms with Crippen LogP contribution in [-0.4, -0.2) is 18.6 Å². The molecule has 0 bridgehead atoms. The highest BCUT2D eigenvalue weighted by molar-refractivity contribution is 5.84. The molecule has 1 atom stereocenters. The Hall–Kier alpha value is -2.81. The first-order valence-electron chi connectivity index (χ1n) is 10.0. The molecule has 28 heavy (non-hydrogen) atoms. The van der Waals surface area contributed by atoms with E-state index in [1.807, 2.05) is 36.4 Å². The molecule has 3 aromatic rings. The van der Waals surface area contributed by atoms with E-state index in [0.29, 0.717) is 18.2 Å². The van der Waals surface area contributed by atoms with E-state index in [2.05, 4.69) is 49.5 Å². The van der Waals surface area contributed by atoms with Gasteiger partial charge in [0.25, 0.3) is 5.91 Å². The smallest absolute Gasteiger partial charge is 0.260 e. The average Bonchev–Trinajstić information content (AvgIpc) is 2.71. The molecule has 1 N–H and O–H groups in total. The van der Waals surface area contributed by atoms with Gasteiger partial charge in [0.05, 0.1) is 0 Å². The lowest BCUT2D eigenvalue weighted by atomic mass is 10.0. The molecule has 146 valence electrons. The van der Waals surface area contributed by atoms with Gasteiger partial charge < -0.3 is 10.1 Å². The van der Waals surface area contributed by atoms with E-state index in [9.17, 15) is 4.79 Å². The molecule has 3 rings (SSSR count). The van der Waals surface area contributed by atoms with Gasteiger partial charge >= 0.3 is 0 Å². The topological polar surface area (TPSA) is 38.3 Å². The van der Waals surface area contributed by atoms with Crippen molar-refractivity contribution in [1.29, 1.82) is 0 Å². The highest BCUT2D eigenvalue weighted by Crippen LogP contribution is 2.21. The van der Waals surface area contributed by atoms with Gasteiger partial charge in [-0.05, 0) is 59.7 Å². The van der Waals surface area contributed by atoms with Gasteiger partial charge in [0, 0.05) is 6.54 Å². The summed E-state index contributed by atoms with van der Waals surface area (Å²) >= 11 is 0. The number of fused-ring (bicyclic) bond motifs is 1. The Morgan fingerprint density at radius 1 is 0.929 bits per heavy atom. The molecule has 0 saturated carbocycles. The number of ether oxygens (including phenoxy) is 1. The molecule has 3 aromatic carbocycles. The lowest BCUT2D eigenvalue weighted by Gasteiger charge is -2.15. The Balaban J connectivity index is 1.43. The van der Waals surface area contributed by atoms with E-state index >= 15 is 0 Å². The Labute approximate surface area is 167 Å². The van der Waals surface area contributed by atoms with Crippen molar-refractivity contribution in [2.75, 3.05) is 6.54 Å². The largest absolute Gasteiger partial charge is 0.481 e. The second-order valence-electron chi connectivity index (χ2n) is 7.56. The third-order valence-corrected chi connectivity index (χ3v) is 4.99. The first kappa shape index (κ1) is 19.9. The molecule has 3 heteroatoms. The van der Waals surface area contributed by atoms with Gasteiger partial charge in [-0.1, -0.05) is 68.4 Å². The summed E-state index contributed by atoms with van der Waals surface area (Å²) < 4.78 is 5.82. The van der Waals surface area contributed by atoms with Crippen LogP contribution in [0.2, 0.25) is 0 Å². The lowest BCUT2D eigenvalue weighted by molar-refractivity contribution is -0.127. The Morgan fingerprint density at radius 3 is 2.36 bits per heavy atom. The van der Waals surface area contributed by atoms with Crippen LogP contribution in [-0.2, 0) is 11.2 Å². The lowest BCUT2D eigenvalue weighted by Crippen LogP contribution is -2.36. The third kappa shape index (κ3) is 5.35. The maximum atomic E-state index is 12.3. The predicted octanol–water partition coefficient (Wildman–Crippen LogP) is 5.48. The Bertz CT molecular complexity index is 915. The van der Waals surface area contributed by atoms with Crippen molar-refractivity contribution in [3.05, 3.63) is 77.9 Å². The summed E-state index contributed by atoms with van der Waals surface area (Å²) in [6, 6.07) is 22.8. The molecule has 0 fully saturated rings. The van der Waals surface area contributed by atoms with Gasteiger partial charge in [0.15, 0.2) is 6.10 Å².